The highest BCUT2D eigenvalue weighted by Crippen LogP contribution is 2.51. The molecular weight excluding hydrogens is 480 g/mol. The minimum atomic E-state index is -0.0971. The fraction of sp³-hybridized carbons (Fsp3) is 0.0857. The van der Waals surface area contributed by atoms with Gasteiger partial charge in [0.15, 0.2) is 5.82 Å². The van der Waals surface area contributed by atoms with Gasteiger partial charge in [-0.25, -0.2) is 9.97 Å². The van der Waals surface area contributed by atoms with E-state index in [9.17, 15) is 0 Å². The number of hydrogen-bond donors (Lipinski definition) is 0. The average molecular weight is 507 g/mol. The fourth-order valence-corrected chi connectivity index (χ4v) is 7.01. The lowest BCUT2D eigenvalue weighted by Crippen LogP contribution is -2.24. The third-order valence-electron chi connectivity index (χ3n) is 7.57. The summed E-state index contributed by atoms with van der Waals surface area (Å²) in [7, 11) is 0. The van der Waals surface area contributed by atoms with Gasteiger partial charge in [-0.2, -0.15) is 0 Å². The number of aromatic nitrogens is 2. The molecular formula is C35H26N2S. The molecule has 182 valence electrons. The Labute approximate surface area is 227 Å². The maximum Gasteiger partial charge on any atom is 0.161 e. The quantitative estimate of drug-likeness (QED) is 0.239. The first-order valence-corrected chi connectivity index (χ1v) is 13.7. The number of fused-ring (bicyclic) bond motifs is 3. The highest BCUT2D eigenvalue weighted by atomic mass is 32.2. The molecule has 2 heterocycles. The SMILES string of the molecule is CC1(C)c2ccccc2Sc2c(-c3nc(-c4ccc(-c5ccccc5)cc4)c4ccccc4n3)cccc21. The zero-order valence-electron chi connectivity index (χ0n) is 21.3. The van der Waals surface area contributed by atoms with E-state index in [1.807, 2.05) is 17.8 Å². The third kappa shape index (κ3) is 3.74. The van der Waals surface area contributed by atoms with Crippen molar-refractivity contribution in [2.45, 2.75) is 29.1 Å². The van der Waals surface area contributed by atoms with Gasteiger partial charge >= 0.3 is 0 Å². The summed E-state index contributed by atoms with van der Waals surface area (Å²) >= 11 is 1.83. The van der Waals surface area contributed by atoms with E-state index in [-0.39, 0.29) is 5.41 Å². The summed E-state index contributed by atoms with van der Waals surface area (Å²) in [5.74, 6) is 0.769. The van der Waals surface area contributed by atoms with Crippen LogP contribution in [-0.4, -0.2) is 9.97 Å². The Morgan fingerprint density at radius 3 is 2.05 bits per heavy atom. The summed E-state index contributed by atoms with van der Waals surface area (Å²) in [6.45, 7) is 4.63. The van der Waals surface area contributed by atoms with Crippen LogP contribution in [0.5, 0.6) is 0 Å². The lowest BCUT2D eigenvalue weighted by Gasteiger charge is -2.35. The molecule has 0 unspecified atom stereocenters. The highest BCUT2D eigenvalue weighted by Gasteiger charge is 2.34. The van der Waals surface area contributed by atoms with Gasteiger partial charge in [-0.05, 0) is 34.4 Å². The Morgan fingerprint density at radius 2 is 1.21 bits per heavy atom. The van der Waals surface area contributed by atoms with Crippen LogP contribution in [0.1, 0.15) is 25.0 Å². The standard InChI is InChI=1S/C35H26N2S/c1-35(2)28-15-7-9-18-31(28)38-33-27(14-10-16-29(33)35)34-36-30-17-8-6-13-26(30)32(37-34)25-21-19-24(20-22-25)23-11-4-3-5-12-23/h3-22H,1-2H3. The Hall–Kier alpha value is -4.21. The molecule has 0 saturated carbocycles. The molecule has 0 fully saturated rings. The van der Waals surface area contributed by atoms with Crippen molar-refractivity contribution in [3.8, 4) is 33.8 Å². The molecule has 0 spiro atoms. The van der Waals surface area contributed by atoms with Crippen molar-refractivity contribution in [2.75, 3.05) is 0 Å². The van der Waals surface area contributed by atoms with E-state index in [0.29, 0.717) is 0 Å². The second-order valence-corrected chi connectivity index (χ2v) is 11.3. The Kier molecular flexibility index (Phi) is 5.41. The zero-order valence-corrected chi connectivity index (χ0v) is 22.2. The van der Waals surface area contributed by atoms with Gasteiger partial charge in [0, 0.05) is 31.7 Å². The predicted octanol–water partition coefficient (Wildman–Crippen LogP) is 9.42. The summed E-state index contributed by atoms with van der Waals surface area (Å²) < 4.78 is 0. The van der Waals surface area contributed by atoms with E-state index in [1.165, 1.54) is 32.0 Å². The van der Waals surface area contributed by atoms with Gasteiger partial charge in [0.1, 0.15) is 0 Å². The maximum absolute atomic E-state index is 5.23. The van der Waals surface area contributed by atoms with E-state index in [0.717, 1.165) is 33.5 Å². The smallest absolute Gasteiger partial charge is 0.161 e. The molecule has 1 aliphatic rings. The largest absolute Gasteiger partial charge is 0.228 e. The molecule has 0 bridgehead atoms. The van der Waals surface area contributed by atoms with Crippen molar-refractivity contribution in [1.29, 1.82) is 0 Å². The number of rotatable bonds is 3. The van der Waals surface area contributed by atoms with Gasteiger partial charge in [0.25, 0.3) is 0 Å². The molecule has 3 heteroatoms. The van der Waals surface area contributed by atoms with Gasteiger partial charge in [0.05, 0.1) is 11.2 Å². The van der Waals surface area contributed by atoms with Crippen LogP contribution >= 0.6 is 11.8 Å². The van der Waals surface area contributed by atoms with Gasteiger partial charge in [0.2, 0.25) is 0 Å². The summed E-state index contributed by atoms with van der Waals surface area (Å²) in [6, 6.07) is 42.8. The third-order valence-corrected chi connectivity index (χ3v) is 8.79. The number of para-hydroxylation sites is 1. The van der Waals surface area contributed by atoms with Crippen molar-refractivity contribution in [3.05, 3.63) is 132 Å². The van der Waals surface area contributed by atoms with Crippen LogP contribution in [0.15, 0.2) is 131 Å². The molecule has 1 aliphatic heterocycles. The van der Waals surface area contributed by atoms with Crippen molar-refractivity contribution in [1.82, 2.24) is 9.97 Å². The van der Waals surface area contributed by atoms with Crippen LogP contribution in [0.3, 0.4) is 0 Å². The molecule has 5 aromatic carbocycles. The summed E-state index contributed by atoms with van der Waals surface area (Å²) in [6.07, 6.45) is 0. The predicted molar refractivity (Wildman–Crippen MR) is 159 cm³/mol. The minimum Gasteiger partial charge on any atom is -0.228 e. The minimum absolute atomic E-state index is 0.0971. The molecule has 0 saturated heterocycles. The molecule has 0 amide bonds. The van der Waals surface area contributed by atoms with Crippen LogP contribution in [0.25, 0.3) is 44.7 Å². The van der Waals surface area contributed by atoms with Crippen molar-refractivity contribution >= 4 is 22.7 Å². The van der Waals surface area contributed by atoms with Crippen LogP contribution in [-0.2, 0) is 5.41 Å². The zero-order chi connectivity index (χ0) is 25.7. The molecule has 6 aromatic rings. The molecule has 1 aromatic heterocycles. The van der Waals surface area contributed by atoms with Crippen LogP contribution < -0.4 is 0 Å². The lowest BCUT2D eigenvalue weighted by molar-refractivity contribution is 0.608. The molecule has 0 aliphatic carbocycles. The second kappa shape index (κ2) is 8.97. The monoisotopic (exact) mass is 506 g/mol. The average Bonchev–Trinajstić information content (AvgIpc) is 2.97. The number of hydrogen-bond acceptors (Lipinski definition) is 3. The second-order valence-electron chi connectivity index (χ2n) is 10.3. The van der Waals surface area contributed by atoms with Gasteiger partial charge in [-0.3, -0.25) is 0 Å². The highest BCUT2D eigenvalue weighted by molar-refractivity contribution is 7.99. The lowest BCUT2D eigenvalue weighted by atomic mass is 9.77. The van der Waals surface area contributed by atoms with Crippen LogP contribution in [0, 0.1) is 0 Å². The topological polar surface area (TPSA) is 25.8 Å². The first kappa shape index (κ1) is 22.9. The fourth-order valence-electron chi connectivity index (χ4n) is 5.51. The molecule has 38 heavy (non-hydrogen) atoms. The van der Waals surface area contributed by atoms with E-state index in [4.69, 9.17) is 9.97 Å². The van der Waals surface area contributed by atoms with Gasteiger partial charge in [-0.15, -0.1) is 0 Å². The van der Waals surface area contributed by atoms with E-state index < -0.39 is 0 Å². The van der Waals surface area contributed by atoms with E-state index in [1.54, 1.807) is 0 Å². The first-order valence-electron chi connectivity index (χ1n) is 12.9. The van der Waals surface area contributed by atoms with Crippen molar-refractivity contribution < 1.29 is 0 Å². The number of benzene rings is 5. The molecule has 7 rings (SSSR count). The van der Waals surface area contributed by atoms with Gasteiger partial charge < -0.3 is 0 Å². The van der Waals surface area contributed by atoms with Crippen molar-refractivity contribution in [2.24, 2.45) is 0 Å². The molecule has 0 atom stereocenters. The van der Waals surface area contributed by atoms with E-state index >= 15 is 0 Å². The molecule has 0 radical (unpaired) electrons. The Balaban J connectivity index is 1.40. The van der Waals surface area contributed by atoms with E-state index in [2.05, 4.69) is 129 Å². The molecule has 0 N–H and O–H groups in total. The van der Waals surface area contributed by atoms with Crippen LogP contribution in [0.4, 0.5) is 0 Å². The maximum atomic E-state index is 5.23. The summed E-state index contributed by atoms with van der Waals surface area (Å²) in [5.41, 5.74) is 9.10. The van der Waals surface area contributed by atoms with Crippen molar-refractivity contribution in [3.63, 3.8) is 0 Å². The Bertz CT molecular complexity index is 1800. The summed E-state index contributed by atoms with van der Waals surface area (Å²) in [4.78, 5) is 12.9. The summed E-state index contributed by atoms with van der Waals surface area (Å²) in [5, 5.41) is 1.06. The van der Waals surface area contributed by atoms with Crippen LogP contribution in [0.2, 0.25) is 0 Å². The normalized spacial score (nSPS) is 13.6. The number of nitrogens with zero attached hydrogens (tertiary/aromatic N) is 2. The Morgan fingerprint density at radius 1 is 0.553 bits per heavy atom. The van der Waals surface area contributed by atoms with Gasteiger partial charge in [-0.1, -0.05) is 135 Å². The molecule has 2 nitrogen and oxygen atoms in total. The first-order chi connectivity index (χ1) is 18.6.